The molecule has 0 aliphatic rings. The Morgan fingerprint density at radius 2 is 1.75 bits per heavy atom. The van der Waals surface area contributed by atoms with Crippen LogP contribution in [0.2, 0.25) is 0 Å². The van der Waals surface area contributed by atoms with Gasteiger partial charge in [0.25, 0.3) is 0 Å². The first kappa shape index (κ1) is 17.9. The quantitative estimate of drug-likeness (QED) is 0.539. The van der Waals surface area contributed by atoms with Gasteiger partial charge in [0.05, 0.1) is 17.7 Å². The first-order valence-corrected chi connectivity index (χ1v) is 9.19. The van der Waals surface area contributed by atoms with Gasteiger partial charge in [-0.25, -0.2) is 9.78 Å². The number of aromatic nitrogens is 5. The molecule has 0 saturated heterocycles. The van der Waals surface area contributed by atoms with E-state index < -0.39 is 0 Å². The summed E-state index contributed by atoms with van der Waals surface area (Å²) >= 11 is 0. The van der Waals surface area contributed by atoms with E-state index in [2.05, 4.69) is 19.5 Å². The summed E-state index contributed by atoms with van der Waals surface area (Å²) in [6, 6.07) is 16.0. The Morgan fingerprint density at radius 1 is 0.964 bits per heavy atom. The van der Waals surface area contributed by atoms with Gasteiger partial charge in [0.1, 0.15) is 0 Å². The van der Waals surface area contributed by atoms with Gasteiger partial charge in [0.15, 0.2) is 0 Å². The van der Waals surface area contributed by atoms with Gasteiger partial charge in [-0.1, -0.05) is 30.3 Å². The van der Waals surface area contributed by atoms with Gasteiger partial charge in [0, 0.05) is 48.0 Å². The molecule has 0 radical (unpaired) electrons. The van der Waals surface area contributed by atoms with Crippen molar-refractivity contribution in [3.8, 4) is 22.5 Å². The maximum atomic E-state index is 12.3. The van der Waals surface area contributed by atoms with Crippen molar-refractivity contribution in [2.24, 2.45) is 0 Å². The van der Waals surface area contributed by atoms with Gasteiger partial charge in [0.2, 0.25) is 0 Å². The summed E-state index contributed by atoms with van der Waals surface area (Å²) in [5.74, 6) is 0. The maximum Gasteiger partial charge on any atom is 0.348 e. The summed E-state index contributed by atoms with van der Waals surface area (Å²) in [5, 5.41) is 0. The Hall–Kier alpha value is -3.54. The topological polar surface area (TPSA) is 65.6 Å². The first-order chi connectivity index (χ1) is 13.6. The van der Waals surface area contributed by atoms with Gasteiger partial charge < -0.3 is 4.57 Å². The summed E-state index contributed by atoms with van der Waals surface area (Å²) in [5.41, 5.74) is 5.36. The average Bonchev–Trinajstić information content (AvgIpc) is 3.12. The van der Waals surface area contributed by atoms with Crippen molar-refractivity contribution in [1.82, 2.24) is 24.1 Å². The second-order valence-electron chi connectivity index (χ2n) is 6.72. The first-order valence-electron chi connectivity index (χ1n) is 9.19. The number of rotatable bonds is 5. The molecule has 0 aliphatic carbocycles. The van der Waals surface area contributed by atoms with Gasteiger partial charge in [-0.15, -0.1) is 0 Å². The lowest BCUT2D eigenvalue weighted by atomic mass is 10.1. The van der Waals surface area contributed by atoms with E-state index in [1.54, 1.807) is 10.8 Å². The summed E-state index contributed by atoms with van der Waals surface area (Å²) in [4.78, 5) is 25.3. The minimum atomic E-state index is -0.219. The third kappa shape index (κ3) is 3.49. The van der Waals surface area contributed by atoms with E-state index in [4.69, 9.17) is 0 Å². The number of imidazole rings is 1. The standard InChI is InChI=1S/C22H21N5O/c1-16-13-17(2)27(22(28)25-16)12-11-26-15-24-20(18-7-4-3-5-8-18)21(26)19-9-6-10-23-14-19/h3-10,13-15H,11-12H2,1-2H3. The highest BCUT2D eigenvalue weighted by Crippen LogP contribution is 2.30. The minimum Gasteiger partial charge on any atom is -0.328 e. The van der Waals surface area contributed by atoms with E-state index >= 15 is 0 Å². The van der Waals surface area contributed by atoms with Crippen LogP contribution >= 0.6 is 0 Å². The highest BCUT2D eigenvalue weighted by Gasteiger charge is 2.15. The smallest absolute Gasteiger partial charge is 0.328 e. The zero-order valence-corrected chi connectivity index (χ0v) is 15.9. The minimum absolute atomic E-state index is 0.219. The van der Waals surface area contributed by atoms with Crippen LogP contribution in [0.3, 0.4) is 0 Å². The van der Waals surface area contributed by atoms with E-state index in [0.717, 1.165) is 33.9 Å². The molecule has 6 heteroatoms. The average molecular weight is 371 g/mol. The predicted molar refractivity (Wildman–Crippen MR) is 109 cm³/mol. The van der Waals surface area contributed by atoms with Gasteiger partial charge in [-0.3, -0.25) is 9.55 Å². The summed E-state index contributed by atoms with van der Waals surface area (Å²) in [6.07, 6.45) is 5.42. The van der Waals surface area contributed by atoms with Crippen molar-refractivity contribution in [2.45, 2.75) is 26.9 Å². The monoisotopic (exact) mass is 371 g/mol. The zero-order valence-electron chi connectivity index (χ0n) is 15.9. The number of aryl methyl sites for hydroxylation is 3. The van der Waals surface area contributed by atoms with E-state index in [-0.39, 0.29) is 5.69 Å². The molecule has 0 aliphatic heterocycles. The molecule has 0 bridgehead atoms. The molecule has 140 valence electrons. The molecule has 0 saturated carbocycles. The van der Waals surface area contributed by atoms with Crippen LogP contribution in [0.1, 0.15) is 11.4 Å². The van der Waals surface area contributed by atoms with Crippen LogP contribution < -0.4 is 5.69 Å². The fourth-order valence-corrected chi connectivity index (χ4v) is 3.42. The Morgan fingerprint density at radius 3 is 2.46 bits per heavy atom. The molecule has 0 unspecified atom stereocenters. The van der Waals surface area contributed by atoms with Crippen LogP contribution in [0.5, 0.6) is 0 Å². The number of hydrogen-bond donors (Lipinski definition) is 0. The van der Waals surface area contributed by atoms with E-state index in [0.29, 0.717) is 13.1 Å². The largest absolute Gasteiger partial charge is 0.348 e. The van der Waals surface area contributed by atoms with E-state index in [1.807, 2.05) is 74.9 Å². The van der Waals surface area contributed by atoms with Crippen LogP contribution in [0, 0.1) is 13.8 Å². The van der Waals surface area contributed by atoms with Gasteiger partial charge in [-0.05, 0) is 32.0 Å². The highest BCUT2D eigenvalue weighted by molar-refractivity contribution is 5.78. The summed E-state index contributed by atoms with van der Waals surface area (Å²) in [6.45, 7) is 4.90. The number of benzene rings is 1. The molecule has 0 amide bonds. The van der Waals surface area contributed by atoms with Crippen molar-refractivity contribution in [3.63, 3.8) is 0 Å². The van der Waals surface area contributed by atoms with Gasteiger partial charge >= 0.3 is 5.69 Å². The SMILES string of the molecule is Cc1cc(C)n(CCn2cnc(-c3ccccc3)c2-c2cccnc2)c(=O)n1. The second kappa shape index (κ2) is 7.60. The third-order valence-electron chi connectivity index (χ3n) is 4.73. The Labute approximate surface area is 163 Å². The molecule has 0 N–H and O–H groups in total. The molecule has 6 nitrogen and oxygen atoms in total. The molecule has 4 aromatic rings. The van der Waals surface area contributed by atoms with Crippen molar-refractivity contribution in [2.75, 3.05) is 0 Å². The van der Waals surface area contributed by atoms with Crippen LogP contribution in [-0.4, -0.2) is 24.1 Å². The third-order valence-corrected chi connectivity index (χ3v) is 4.73. The number of nitrogens with zero attached hydrogens (tertiary/aromatic N) is 5. The molecule has 0 fully saturated rings. The summed E-state index contributed by atoms with van der Waals surface area (Å²) in [7, 11) is 0. The van der Waals surface area contributed by atoms with Crippen LogP contribution in [0.15, 0.2) is 72.0 Å². The molecular weight excluding hydrogens is 350 g/mol. The lowest BCUT2D eigenvalue weighted by Gasteiger charge is -2.13. The molecule has 0 atom stereocenters. The van der Waals surface area contributed by atoms with Crippen LogP contribution in [0.25, 0.3) is 22.5 Å². The highest BCUT2D eigenvalue weighted by atomic mass is 16.1. The van der Waals surface area contributed by atoms with Crippen LogP contribution in [-0.2, 0) is 13.1 Å². The van der Waals surface area contributed by atoms with Crippen molar-refractivity contribution in [1.29, 1.82) is 0 Å². The van der Waals surface area contributed by atoms with Crippen molar-refractivity contribution >= 4 is 0 Å². The fraction of sp³-hybridized carbons (Fsp3) is 0.182. The zero-order chi connectivity index (χ0) is 19.5. The van der Waals surface area contributed by atoms with E-state index in [1.165, 1.54) is 0 Å². The number of hydrogen-bond acceptors (Lipinski definition) is 4. The molecule has 4 rings (SSSR count). The molecule has 3 aromatic heterocycles. The Bertz CT molecular complexity index is 1150. The van der Waals surface area contributed by atoms with Gasteiger partial charge in [-0.2, -0.15) is 4.98 Å². The number of pyridine rings is 1. The lowest BCUT2D eigenvalue weighted by Crippen LogP contribution is -2.27. The lowest BCUT2D eigenvalue weighted by molar-refractivity contribution is 0.545. The summed E-state index contributed by atoms with van der Waals surface area (Å²) < 4.78 is 3.77. The molecule has 1 aromatic carbocycles. The molecule has 28 heavy (non-hydrogen) atoms. The second-order valence-corrected chi connectivity index (χ2v) is 6.72. The Balaban J connectivity index is 1.74. The fourth-order valence-electron chi connectivity index (χ4n) is 3.42. The Kier molecular flexibility index (Phi) is 4.85. The van der Waals surface area contributed by atoms with Crippen LogP contribution in [0.4, 0.5) is 0 Å². The predicted octanol–water partition coefficient (Wildman–Crippen LogP) is 3.49. The molecular formula is C22H21N5O. The molecule has 3 heterocycles. The molecule has 0 spiro atoms. The van der Waals surface area contributed by atoms with Crippen molar-refractivity contribution in [3.05, 3.63) is 89.1 Å². The maximum absolute atomic E-state index is 12.3. The van der Waals surface area contributed by atoms with E-state index in [9.17, 15) is 4.79 Å². The normalized spacial score (nSPS) is 10.9. The van der Waals surface area contributed by atoms with Crippen molar-refractivity contribution < 1.29 is 0 Å².